The fourth-order valence-electron chi connectivity index (χ4n) is 3.63. The molecule has 1 aliphatic heterocycles. The normalized spacial score (nSPS) is 14.2. The zero-order chi connectivity index (χ0) is 23.8. The summed E-state index contributed by atoms with van der Waals surface area (Å²) in [7, 11) is 0. The van der Waals surface area contributed by atoms with Crippen LogP contribution < -0.4 is 9.47 Å². The maximum atomic E-state index is 12.9. The molecule has 6 nitrogen and oxygen atoms in total. The number of allylic oxidation sites excluding steroid dienone is 1. The molecule has 0 spiro atoms. The van der Waals surface area contributed by atoms with Crippen LogP contribution >= 0.6 is 0 Å². The third-order valence-electron chi connectivity index (χ3n) is 5.65. The molecule has 0 aliphatic carbocycles. The summed E-state index contributed by atoms with van der Waals surface area (Å²) in [4.78, 5) is 23.2. The SMILES string of the molecule is Cc1c(OCc2ccc([N+](=O)[O-])cc2)ccc2c1O/C(=C\c1ccc(C(C)(C)C)cc1)C2=O. The molecule has 3 aromatic carbocycles. The van der Waals surface area contributed by atoms with Gasteiger partial charge in [-0.3, -0.25) is 14.9 Å². The molecule has 33 heavy (non-hydrogen) atoms. The average Bonchev–Trinajstić information content (AvgIpc) is 3.09. The van der Waals surface area contributed by atoms with Crippen molar-refractivity contribution >= 4 is 17.5 Å². The van der Waals surface area contributed by atoms with Crippen LogP contribution in [-0.4, -0.2) is 10.7 Å². The summed E-state index contributed by atoms with van der Waals surface area (Å²) < 4.78 is 11.8. The van der Waals surface area contributed by atoms with Gasteiger partial charge in [0.1, 0.15) is 18.1 Å². The number of hydrogen-bond donors (Lipinski definition) is 0. The van der Waals surface area contributed by atoms with E-state index in [0.717, 1.165) is 16.7 Å². The number of ether oxygens (including phenoxy) is 2. The standard InChI is InChI=1S/C27H25NO5/c1-17-23(32-16-19-7-11-21(12-8-19)28(30)31)14-13-22-25(29)24(33-26(17)22)15-18-5-9-20(10-6-18)27(2,3)4/h5-15H,16H2,1-4H3/b24-15-. The zero-order valence-corrected chi connectivity index (χ0v) is 19.0. The van der Waals surface area contributed by atoms with Crippen LogP contribution in [0.1, 0.15) is 53.4 Å². The highest BCUT2D eigenvalue weighted by Gasteiger charge is 2.30. The third kappa shape index (κ3) is 4.65. The highest BCUT2D eigenvalue weighted by atomic mass is 16.6. The van der Waals surface area contributed by atoms with Gasteiger partial charge in [-0.15, -0.1) is 0 Å². The molecule has 3 aromatic rings. The third-order valence-corrected chi connectivity index (χ3v) is 5.65. The number of Topliss-reactive ketones (excluding diaryl/α,β-unsaturated/α-hetero) is 1. The molecule has 0 unspecified atom stereocenters. The highest BCUT2D eigenvalue weighted by Crippen LogP contribution is 2.39. The van der Waals surface area contributed by atoms with Crippen LogP contribution in [-0.2, 0) is 12.0 Å². The molecule has 0 N–H and O–H groups in total. The van der Waals surface area contributed by atoms with Crippen molar-refractivity contribution in [2.75, 3.05) is 0 Å². The first-order chi connectivity index (χ1) is 15.6. The second kappa shape index (κ2) is 8.54. The molecule has 168 valence electrons. The number of nitro groups is 1. The first kappa shape index (κ1) is 22.3. The molecule has 0 saturated heterocycles. The summed E-state index contributed by atoms with van der Waals surface area (Å²) in [5.74, 6) is 1.22. The van der Waals surface area contributed by atoms with Gasteiger partial charge in [-0.05, 0) is 59.4 Å². The number of rotatable bonds is 5. The van der Waals surface area contributed by atoms with E-state index in [-0.39, 0.29) is 29.3 Å². The number of fused-ring (bicyclic) bond motifs is 1. The minimum absolute atomic E-state index is 0.0340. The van der Waals surface area contributed by atoms with E-state index in [9.17, 15) is 14.9 Å². The minimum Gasteiger partial charge on any atom is -0.488 e. The Kier molecular flexibility index (Phi) is 5.77. The van der Waals surface area contributed by atoms with Crippen molar-refractivity contribution in [1.82, 2.24) is 0 Å². The Bertz CT molecular complexity index is 1250. The molecule has 0 atom stereocenters. The van der Waals surface area contributed by atoms with Gasteiger partial charge in [0, 0.05) is 17.7 Å². The van der Waals surface area contributed by atoms with E-state index in [0.29, 0.717) is 17.1 Å². The van der Waals surface area contributed by atoms with Gasteiger partial charge in [0.15, 0.2) is 5.76 Å². The fraction of sp³-hybridized carbons (Fsp3) is 0.222. The van der Waals surface area contributed by atoms with E-state index in [1.807, 2.05) is 19.1 Å². The van der Waals surface area contributed by atoms with Crippen LogP contribution in [0.15, 0.2) is 66.4 Å². The average molecular weight is 443 g/mol. The fourth-order valence-corrected chi connectivity index (χ4v) is 3.63. The Morgan fingerprint density at radius 2 is 1.67 bits per heavy atom. The summed E-state index contributed by atoms with van der Waals surface area (Å²) in [6.07, 6.45) is 1.76. The quantitative estimate of drug-likeness (QED) is 0.259. The van der Waals surface area contributed by atoms with Crippen molar-refractivity contribution in [2.24, 2.45) is 0 Å². The van der Waals surface area contributed by atoms with E-state index in [4.69, 9.17) is 9.47 Å². The zero-order valence-electron chi connectivity index (χ0n) is 19.0. The highest BCUT2D eigenvalue weighted by molar-refractivity contribution is 6.14. The van der Waals surface area contributed by atoms with Gasteiger partial charge in [0.25, 0.3) is 5.69 Å². The molecule has 0 radical (unpaired) electrons. The smallest absolute Gasteiger partial charge is 0.269 e. The van der Waals surface area contributed by atoms with E-state index < -0.39 is 4.92 Å². The van der Waals surface area contributed by atoms with Crippen molar-refractivity contribution in [1.29, 1.82) is 0 Å². The van der Waals surface area contributed by atoms with Gasteiger partial charge in [-0.1, -0.05) is 45.0 Å². The molecular weight excluding hydrogens is 418 g/mol. The van der Waals surface area contributed by atoms with Crippen LogP contribution in [0, 0.1) is 17.0 Å². The summed E-state index contributed by atoms with van der Waals surface area (Å²) in [5, 5.41) is 10.8. The first-order valence-corrected chi connectivity index (χ1v) is 10.7. The molecule has 6 heteroatoms. The molecular formula is C27H25NO5. The maximum absolute atomic E-state index is 12.9. The minimum atomic E-state index is -0.437. The Morgan fingerprint density at radius 3 is 2.27 bits per heavy atom. The van der Waals surface area contributed by atoms with Gasteiger partial charge in [-0.2, -0.15) is 0 Å². The predicted octanol–water partition coefficient (Wildman–Crippen LogP) is 6.40. The molecule has 0 saturated carbocycles. The molecule has 1 heterocycles. The van der Waals surface area contributed by atoms with E-state index in [2.05, 4.69) is 32.9 Å². The number of carbonyl (C=O) groups excluding carboxylic acids is 1. The lowest BCUT2D eigenvalue weighted by atomic mass is 9.86. The lowest BCUT2D eigenvalue weighted by Gasteiger charge is -2.18. The molecule has 0 bridgehead atoms. The van der Waals surface area contributed by atoms with Crippen molar-refractivity contribution < 1.29 is 19.2 Å². The summed E-state index contributed by atoms with van der Waals surface area (Å²) >= 11 is 0. The van der Waals surface area contributed by atoms with Crippen LogP contribution in [0.4, 0.5) is 5.69 Å². The lowest BCUT2D eigenvalue weighted by Crippen LogP contribution is -2.10. The van der Waals surface area contributed by atoms with Crippen molar-refractivity contribution in [2.45, 2.75) is 39.7 Å². The van der Waals surface area contributed by atoms with Gasteiger partial charge < -0.3 is 9.47 Å². The second-order valence-electron chi connectivity index (χ2n) is 9.09. The Labute approximate surface area is 192 Å². The summed E-state index contributed by atoms with van der Waals surface area (Å²) in [6, 6.07) is 17.8. The van der Waals surface area contributed by atoms with Crippen LogP contribution in [0.25, 0.3) is 6.08 Å². The predicted molar refractivity (Wildman–Crippen MR) is 127 cm³/mol. The number of hydrogen-bond acceptors (Lipinski definition) is 5. The van der Waals surface area contributed by atoms with Crippen molar-refractivity contribution in [3.8, 4) is 11.5 Å². The molecule has 1 aliphatic rings. The van der Waals surface area contributed by atoms with Gasteiger partial charge in [0.05, 0.1) is 10.5 Å². The van der Waals surface area contributed by atoms with Crippen LogP contribution in [0.3, 0.4) is 0 Å². The second-order valence-corrected chi connectivity index (χ2v) is 9.09. The van der Waals surface area contributed by atoms with Gasteiger partial charge >= 0.3 is 0 Å². The number of ketones is 1. The van der Waals surface area contributed by atoms with E-state index in [1.54, 1.807) is 30.3 Å². The van der Waals surface area contributed by atoms with Crippen molar-refractivity contribution in [3.05, 3.63) is 104 Å². The summed E-state index contributed by atoms with van der Waals surface area (Å²) in [5.41, 5.74) is 4.25. The van der Waals surface area contributed by atoms with Gasteiger partial charge in [-0.25, -0.2) is 0 Å². The van der Waals surface area contributed by atoms with Crippen LogP contribution in [0.5, 0.6) is 11.5 Å². The number of benzene rings is 3. The topological polar surface area (TPSA) is 78.7 Å². The molecule has 4 rings (SSSR count). The number of nitro benzene ring substituents is 1. The monoisotopic (exact) mass is 443 g/mol. The number of carbonyl (C=O) groups is 1. The molecule has 0 fully saturated rings. The Balaban J connectivity index is 1.51. The summed E-state index contributed by atoms with van der Waals surface area (Å²) in [6.45, 7) is 8.56. The maximum Gasteiger partial charge on any atom is 0.269 e. The lowest BCUT2D eigenvalue weighted by molar-refractivity contribution is -0.384. The van der Waals surface area contributed by atoms with Crippen LogP contribution in [0.2, 0.25) is 0 Å². The Morgan fingerprint density at radius 1 is 1.00 bits per heavy atom. The number of nitrogens with zero attached hydrogens (tertiary/aromatic N) is 1. The van der Waals surface area contributed by atoms with E-state index >= 15 is 0 Å². The largest absolute Gasteiger partial charge is 0.488 e. The van der Waals surface area contributed by atoms with Crippen molar-refractivity contribution in [3.63, 3.8) is 0 Å². The molecule has 0 aromatic heterocycles. The number of non-ortho nitro benzene ring substituents is 1. The molecule has 0 amide bonds. The Hall–Kier alpha value is -3.93. The van der Waals surface area contributed by atoms with E-state index in [1.165, 1.54) is 17.7 Å². The van der Waals surface area contributed by atoms with Gasteiger partial charge in [0.2, 0.25) is 5.78 Å². The first-order valence-electron chi connectivity index (χ1n) is 10.7.